The molecule has 0 aliphatic carbocycles. The number of hydrogen-bond acceptors (Lipinski definition) is 1. The molecular formula is C11H23IN2O. The topological polar surface area (TPSA) is 20.3 Å². The van der Waals surface area contributed by atoms with Crippen LogP contribution in [0, 0.1) is 0 Å². The highest BCUT2D eigenvalue weighted by atomic mass is 127. The zero-order valence-electron chi connectivity index (χ0n) is 10.3. The second-order valence-corrected chi connectivity index (χ2v) is 5.29. The Hall–Kier alpha value is 0.160. The van der Waals surface area contributed by atoms with Crippen LogP contribution in [0.5, 0.6) is 0 Å². The van der Waals surface area contributed by atoms with Crippen molar-refractivity contribution < 1.29 is 33.3 Å². The molecule has 1 unspecified atom stereocenters. The van der Waals surface area contributed by atoms with Crippen LogP contribution in [0.2, 0.25) is 0 Å². The summed E-state index contributed by atoms with van der Waals surface area (Å²) in [6.07, 6.45) is 4.22. The normalized spacial score (nSPS) is 24.1. The van der Waals surface area contributed by atoms with Crippen LogP contribution in [-0.2, 0) is 4.79 Å². The highest BCUT2D eigenvalue weighted by molar-refractivity contribution is 5.75. The summed E-state index contributed by atoms with van der Waals surface area (Å²) in [5.41, 5.74) is 0. The summed E-state index contributed by atoms with van der Waals surface area (Å²) in [6, 6.07) is 0.587. The van der Waals surface area contributed by atoms with Crippen LogP contribution in [0.1, 0.15) is 25.7 Å². The number of rotatable bonds is 1. The number of likely N-dealkylation sites (N-methyl/N-ethyl adjacent to an activating group) is 2. The molecule has 1 saturated heterocycles. The van der Waals surface area contributed by atoms with Crippen molar-refractivity contribution in [3.8, 4) is 0 Å². The quantitative estimate of drug-likeness (QED) is 0.407. The molecule has 1 heterocycles. The van der Waals surface area contributed by atoms with Gasteiger partial charge in [-0.3, -0.25) is 4.79 Å². The Morgan fingerprint density at radius 1 is 1.27 bits per heavy atom. The molecule has 0 bridgehead atoms. The van der Waals surface area contributed by atoms with Crippen LogP contribution in [0.25, 0.3) is 0 Å². The summed E-state index contributed by atoms with van der Waals surface area (Å²) >= 11 is 0. The number of hydrogen-bond donors (Lipinski definition) is 0. The molecule has 0 aromatic heterocycles. The van der Waals surface area contributed by atoms with E-state index in [4.69, 9.17) is 0 Å². The summed E-state index contributed by atoms with van der Waals surface area (Å²) in [6.45, 7) is 0.905. The Bertz CT molecular complexity index is 213. The zero-order chi connectivity index (χ0) is 10.8. The summed E-state index contributed by atoms with van der Waals surface area (Å²) in [4.78, 5) is 13.5. The van der Waals surface area contributed by atoms with Crippen LogP contribution < -0.4 is 24.0 Å². The lowest BCUT2D eigenvalue weighted by molar-refractivity contribution is -0.895. The fourth-order valence-electron chi connectivity index (χ4n) is 1.99. The first kappa shape index (κ1) is 15.2. The number of likely N-dealkylation sites (tertiary alicyclic amines) is 1. The molecule has 1 rings (SSSR count). The minimum Gasteiger partial charge on any atom is -1.00 e. The number of nitrogens with zero attached hydrogens (tertiary/aromatic N) is 2. The predicted octanol–water partition coefficient (Wildman–Crippen LogP) is -1.90. The van der Waals surface area contributed by atoms with E-state index >= 15 is 0 Å². The number of amides is 1. The van der Waals surface area contributed by atoms with Gasteiger partial charge < -0.3 is 33.4 Å². The van der Waals surface area contributed by atoms with Crippen LogP contribution in [0.4, 0.5) is 0 Å². The average molecular weight is 326 g/mol. The molecule has 0 saturated carbocycles. The van der Waals surface area contributed by atoms with Crippen molar-refractivity contribution in [3.05, 3.63) is 0 Å². The molecule has 90 valence electrons. The number of halogens is 1. The maximum Gasteiger partial charge on any atom is 0.222 e. The third-order valence-electron chi connectivity index (χ3n) is 3.18. The summed E-state index contributed by atoms with van der Waals surface area (Å²) in [5.74, 6) is 0.308. The van der Waals surface area contributed by atoms with E-state index in [9.17, 15) is 4.79 Å². The molecule has 0 spiro atoms. The lowest BCUT2D eigenvalue weighted by atomic mass is 10.0. The first-order valence-corrected chi connectivity index (χ1v) is 5.46. The van der Waals surface area contributed by atoms with Crippen molar-refractivity contribution in [2.75, 3.05) is 34.7 Å². The van der Waals surface area contributed by atoms with Gasteiger partial charge in [-0.1, -0.05) is 0 Å². The smallest absolute Gasteiger partial charge is 0.222 e. The van der Waals surface area contributed by atoms with Gasteiger partial charge in [0, 0.05) is 19.9 Å². The zero-order valence-corrected chi connectivity index (χ0v) is 12.5. The number of quaternary nitrogens is 1. The summed E-state index contributed by atoms with van der Waals surface area (Å²) in [7, 11) is 8.57. The minimum absolute atomic E-state index is 0. The van der Waals surface area contributed by atoms with Gasteiger partial charge in [0.1, 0.15) is 6.04 Å². The van der Waals surface area contributed by atoms with E-state index in [0.717, 1.165) is 23.9 Å². The van der Waals surface area contributed by atoms with E-state index in [0.29, 0.717) is 11.9 Å². The van der Waals surface area contributed by atoms with E-state index in [1.807, 2.05) is 11.9 Å². The van der Waals surface area contributed by atoms with Crippen molar-refractivity contribution in [2.45, 2.75) is 31.7 Å². The van der Waals surface area contributed by atoms with Gasteiger partial charge in [-0.05, 0) is 12.8 Å². The van der Waals surface area contributed by atoms with Crippen molar-refractivity contribution >= 4 is 5.91 Å². The van der Waals surface area contributed by atoms with E-state index in [2.05, 4.69) is 21.1 Å². The SMILES string of the molecule is CN1CC([N+](C)(C)C)CCCCC1=O.[I-]. The molecule has 1 atom stereocenters. The molecule has 15 heavy (non-hydrogen) atoms. The van der Waals surface area contributed by atoms with Crippen molar-refractivity contribution in [3.63, 3.8) is 0 Å². The monoisotopic (exact) mass is 326 g/mol. The largest absolute Gasteiger partial charge is 1.00 e. The van der Waals surface area contributed by atoms with Gasteiger partial charge in [0.25, 0.3) is 0 Å². The Kier molecular flexibility index (Phi) is 6.10. The molecule has 3 nitrogen and oxygen atoms in total. The van der Waals surface area contributed by atoms with Gasteiger partial charge in [-0.15, -0.1) is 0 Å². The van der Waals surface area contributed by atoms with Crippen LogP contribution >= 0.6 is 0 Å². The van der Waals surface area contributed by atoms with Gasteiger partial charge in [0.2, 0.25) is 5.91 Å². The van der Waals surface area contributed by atoms with Gasteiger partial charge >= 0.3 is 0 Å². The second kappa shape index (κ2) is 6.03. The maximum atomic E-state index is 11.6. The summed E-state index contributed by atoms with van der Waals surface area (Å²) < 4.78 is 0.956. The molecule has 4 heteroatoms. The third kappa shape index (κ3) is 4.68. The average Bonchev–Trinajstić information content (AvgIpc) is 2.04. The molecule has 1 amide bonds. The van der Waals surface area contributed by atoms with E-state index < -0.39 is 0 Å². The van der Waals surface area contributed by atoms with E-state index in [1.165, 1.54) is 12.8 Å². The molecule has 1 fully saturated rings. The van der Waals surface area contributed by atoms with Crippen LogP contribution in [-0.4, -0.2) is 56.1 Å². The molecule has 1 aliphatic rings. The van der Waals surface area contributed by atoms with Gasteiger partial charge in [0.15, 0.2) is 0 Å². The van der Waals surface area contributed by atoms with E-state index in [-0.39, 0.29) is 24.0 Å². The molecule has 0 N–H and O–H groups in total. The first-order valence-electron chi connectivity index (χ1n) is 5.46. The van der Waals surface area contributed by atoms with Crippen molar-refractivity contribution in [1.82, 2.24) is 4.90 Å². The van der Waals surface area contributed by atoms with Gasteiger partial charge in [-0.25, -0.2) is 0 Å². The Balaban J connectivity index is 0.00000196. The molecular weight excluding hydrogens is 303 g/mol. The minimum atomic E-state index is 0. The maximum absolute atomic E-state index is 11.6. The first-order chi connectivity index (χ1) is 6.41. The van der Waals surface area contributed by atoms with Crippen molar-refractivity contribution in [2.24, 2.45) is 0 Å². The third-order valence-corrected chi connectivity index (χ3v) is 3.18. The fraction of sp³-hybridized carbons (Fsp3) is 0.909. The number of carbonyl (C=O) groups excluding carboxylic acids is 1. The van der Waals surface area contributed by atoms with Gasteiger partial charge in [0.05, 0.1) is 27.7 Å². The molecule has 0 aromatic carbocycles. The Labute approximate surface area is 110 Å². The fourth-order valence-corrected chi connectivity index (χ4v) is 1.99. The Morgan fingerprint density at radius 2 is 1.87 bits per heavy atom. The standard InChI is InChI=1S/C11H23N2O.HI/c1-12-9-10(13(2,3)4)7-5-6-8-11(12)14;/h10H,5-9H2,1-4H3;1H/q+1;/p-1. The van der Waals surface area contributed by atoms with Crippen molar-refractivity contribution in [1.29, 1.82) is 0 Å². The lowest BCUT2D eigenvalue weighted by Gasteiger charge is -2.37. The van der Waals surface area contributed by atoms with Crippen LogP contribution in [0.15, 0.2) is 0 Å². The number of carbonyl (C=O) groups is 1. The van der Waals surface area contributed by atoms with E-state index in [1.54, 1.807) is 0 Å². The molecule has 1 aliphatic heterocycles. The second-order valence-electron chi connectivity index (χ2n) is 5.29. The molecule has 0 radical (unpaired) electrons. The lowest BCUT2D eigenvalue weighted by Crippen LogP contribution is -3.00. The van der Waals surface area contributed by atoms with Gasteiger partial charge in [-0.2, -0.15) is 0 Å². The molecule has 0 aromatic rings. The highest BCUT2D eigenvalue weighted by Gasteiger charge is 2.27. The predicted molar refractivity (Wildman–Crippen MR) is 57.9 cm³/mol. The Morgan fingerprint density at radius 3 is 2.40 bits per heavy atom. The van der Waals surface area contributed by atoms with Crippen LogP contribution in [0.3, 0.4) is 0 Å². The highest BCUT2D eigenvalue weighted by Crippen LogP contribution is 2.17. The summed E-state index contributed by atoms with van der Waals surface area (Å²) in [5, 5.41) is 0.